The summed E-state index contributed by atoms with van der Waals surface area (Å²) >= 11 is 0. The fraction of sp³-hybridized carbons (Fsp3) is 0. The number of aromatic nitrogens is 14. The van der Waals surface area contributed by atoms with Crippen molar-refractivity contribution < 1.29 is 0 Å². The fourth-order valence-electron chi connectivity index (χ4n) is 20.7. The number of hydrogen-bond donors (Lipinski definition) is 0. The van der Waals surface area contributed by atoms with Crippen LogP contribution in [0.3, 0.4) is 0 Å². The molecule has 14 aromatic heterocycles. The number of hydrogen-bond acceptors (Lipinski definition) is 10. The Balaban J connectivity index is 0.000000110. The molecular weight excluding hydrogens is 1730 g/mol. The average Bonchev–Trinajstić information content (AvgIpc) is 1.14. The van der Waals surface area contributed by atoms with Gasteiger partial charge in [0.05, 0.1) is 78.3 Å². The van der Waals surface area contributed by atoms with Crippen molar-refractivity contribution in [3.8, 4) is 135 Å². The first-order valence-electron chi connectivity index (χ1n) is 47.5. The zero-order valence-electron chi connectivity index (χ0n) is 76.6. The summed E-state index contributed by atoms with van der Waals surface area (Å²) in [7, 11) is 0. The van der Waals surface area contributed by atoms with Gasteiger partial charge in [-0.3, -0.25) is 34.9 Å². The van der Waals surface area contributed by atoms with Crippen molar-refractivity contribution in [2.45, 2.75) is 0 Å². The van der Waals surface area contributed by atoms with Crippen molar-refractivity contribution in [1.82, 2.24) is 68.1 Å². The lowest BCUT2D eigenvalue weighted by molar-refractivity contribution is 1.17. The van der Waals surface area contributed by atoms with Crippen LogP contribution in [0.25, 0.3) is 254 Å². The lowest BCUT2D eigenvalue weighted by Gasteiger charge is -2.19. The summed E-state index contributed by atoms with van der Waals surface area (Å²) < 4.78 is 9.23. The maximum Gasteiger partial charge on any atom is 0.0731 e. The molecule has 14 aromatic carbocycles. The highest BCUT2D eigenvalue weighted by atomic mass is 15.0. The van der Waals surface area contributed by atoms with E-state index in [0.717, 1.165) is 178 Å². The molecule has 0 saturated heterocycles. The summed E-state index contributed by atoms with van der Waals surface area (Å²) in [6, 6.07) is 146. The van der Waals surface area contributed by atoms with Crippen LogP contribution >= 0.6 is 0 Å². The minimum Gasteiger partial charge on any atom is -0.309 e. The minimum absolute atomic E-state index is 0.878. The largest absolute Gasteiger partial charge is 0.309 e. The fourth-order valence-corrected chi connectivity index (χ4v) is 20.7. The van der Waals surface area contributed by atoms with Crippen LogP contribution in [0.2, 0.25) is 0 Å². The molecule has 0 aliphatic heterocycles. The molecule has 0 unspecified atom stereocenters. The molecular formula is C128H82N14. The van der Waals surface area contributed by atoms with E-state index in [0.29, 0.717) is 0 Å². The summed E-state index contributed by atoms with van der Waals surface area (Å²) in [4.78, 5) is 46.3. The van der Waals surface area contributed by atoms with Gasteiger partial charge in [0.2, 0.25) is 0 Å². The van der Waals surface area contributed by atoms with Crippen molar-refractivity contribution in [3.63, 3.8) is 0 Å². The molecule has 0 spiro atoms. The Kier molecular flexibility index (Phi) is 20.9. The molecule has 0 aliphatic rings. The van der Waals surface area contributed by atoms with Crippen molar-refractivity contribution in [2.75, 3.05) is 0 Å². The van der Waals surface area contributed by atoms with Gasteiger partial charge in [0, 0.05) is 186 Å². The van der Waals surface area contributed by atoms with Crippen molar-refractivity contribution in [2.24, 2.45) is 0 Å². The van der Waals surface area contributed by atoms with Crippen molar-refractivity contribution >= 4 is 120 Å². The van der Waals surface area contributed by atoms with Gasteiger partial charge in [0.25, 0.3) is 0 Å². The second-order valence-electron chi connectivity index (χ2n) is 35.5. The Bertz CT molecular complexity index is 9260. The molecule has 142 heavy (non-hydrogen) atoms. The van der Waals surface area contributed by atoms with Crippen LogP contribution in [-0.4, -0.2) is 68.1 Å². The molecule has 14 heteroatoms. The number of para-hydroxylation sites is 4. The number of pyridine rings is 10. The Morgan fingerprint density at radius 2 is 0.387 bits per heavy atom. The predicted molar refractivity (Wildman–Crippen MR) is 582 cm³/mol. The smallest absolute Gasteiger partial charge is 0.0731 e. The van der Waals surface area contributed by atoms with Gasteiger partial charge in [-0.15, -0.1) is 0 Å². The highest BCUT2D eigenvalue weighted by Gasteiger charge is 2.24. The maximum absolute atomic E-state index is 5.26. The third kappa shape index (κ3) is 15.0. The summed E-state index contributed by atoms with van der Waals surface area (Å²) in [6.07, 6.45) is 26.3. The number of fused-ring (bicyclic) bond motifs is 15. The summed E-state index contributed by atoms with van der Waals surface area (Å²) in [5, 5.41) is 16.7. The van der Waals surface area contributed by atoms with Gasteiger partial charge in [-0.1, -0.05) is 237 Å². The second kappa shape index (κ2) is 35.7. The standard InChI is InChI=1S/C47H30N4.C44H28N6.C37H24N4/c1-2-11-32(12-3-1)46-37-15-4-6-17-39(37)47(40-18-7-5-16-38(40)46)34-27-42(50-43(28-34)33-13-10-25-48-29-33)31-20-22-35(23-21-31)51-44-19-9-8-14-36(44)41-30-49-26-24-45(41)51;1-3-9-41-35(7-1)37-27-46-22-19-43(37)49(41)33-15-11-29(12-16-33)32-24-39(48-40(25-32)31-6-5-21-45-26-31)30-13-17-34(18-14-30)50-42-10-4-2-8-36(42)38-28-47-23-20-44(38)50;1-2-7-27-20-28(12-11-25(27)6-1)30-21-34(40-35(22-30)29-8-5-18-38-23-29)26-13-15-31(16-14-26)41-36-10-4-3-9-32(36)33-24-39-19-17-37(33)41/h1-30H;1-28H;1-24H. The van der Waals surface area contributed by atoms with E-state index < -0.39 is 0 Å². The molecule has 0 N–H and O–H groups in total. The SMILES string of the molecule is c1ccc(-c2c3ccccc3c(-c3cc(-c4ccc(-n5c6ccccc6c6cnccc65)cc4)nc(-c4cccnc4)c3)c3ccccc23)cc1.c1cncc(-c2cc(-c3ccc(-n4c5ccccc5c5cnccc54)cc3)cc(-c3ccc(-n4c5ccccc5c5cnccc54)cc3)n2)c1.c1cncc(-c2cc(-c3ccc4ccccc4c3)cc(-c3ccc(-n4c5ccccc5c5cnccc54)cc3)n2)c1. The van der Waals surface area contributed by atoms with Crippen LogP contribution in [0.5, 0.6) is 0 Å². The van der Waals surface area contributed by atoms with E-state index in [4.69, 9.17) is 15.0 Å². The molecule has 0 saturated carbocycles. The highest BCUT2D eigenvalue weighted by molar-refractivity contribution is 6.22. The maximum atomic E-state index is 5.26. The first kappa shape index (κ1) is 83.2. The molecule has 0 radical (unpaired) electrons. The van der Waals surface area contributed by atoms with E-state index in [9.17, 15) is 0 Å². The van der Waals surface area contributed by atoms with Crippen molar-refractivity contribution in [3.05, 3.63) is 499 Å². The second-order valence-corrected chi connectivity index (χ2v) is 35.5. The van der Waals surface area contributed by atoms with Gasteiger partial charge < -0.3 is 18.3 Å². The van der Waals surface area contributed by atoms with E-state index in [-0.39, 0.29) is 0 Å². The Hall–Kier alpha value is -19.4. The van der Waals surface area contributed by atoms with E-state index in [1.165, 1.54) is 76.1 Å². The molecule has 0 amide bonds. The number of rotatable bonds is 14. The topological polar surface area (TPSA) is 149 Å². The summed E-state index contributed by atoms with van der Waals surface area (Å²) in [5.41, 5.74) is 34.3. The zero-order chi connectivity index (χ0) is 93.9. The van der Waals surface area contributed by atoms with E-state index in [1.807, 2.05) is 86.4 Å². The van der Waals surface area contributed by atoms with E-state index in [1.54, 1.807) is 18.6 Å². The predicted octanol–water partition coefficient (Wildman–Crippen LogP) is 31.5. The molecule has 28 aromatic rings. The van der Waals surface area contributed by atoms with Gasteiger partial charge in [-0.2, -0.15) is 0 Å². The minimum atomic E-state index is 0.878. The van der Waals surface area contributed by atoms with Gasteiger partial charge in [-0.05, 0) is 253 Å². The Morgan fingerprint density at radius 1 is 0.134 bits per heavy atom. The van der Waals surface area contributed by atoms with Crippen LogP contribution in [0, 0.1) is 0 Å². The van der Waals surface area contributed by atoms with Crippen LogP contribution in [0.1, 0.15) is 0 Å². The normalized spacial score (nSPS) is 11.5. The molecule has 14 nitrogen and oxygen atoms in total. The van der Waals surface area contributed by atoms with Crippen molar-refractivity contribution in [1.29, 1.82) is 0 Å². The third-order valence-electron chi connectivity index (χ3n) is 27.3. The number of benzene rings is 14. The van der Waals surface area contributed by atoms with Crippen LogP contribution in [0.4, 0.5) is 0 Å². The molecule has 664 valence electrons. The Labute approximate surface area is 816 Å². The van der Waals surface area contributed by atoms with Crippen LogP contribution < -0.4 is 0 Å². The van der Waals surface area contributed by atoms with Gasteiger partial charge in [-0.25, -0.2) is 15.0 Å². The first-order valence-corrected chi connectivity index (χ1v) is 47.5. The van der Waals surface area contributed by atoms with Gasteiger partial charge in [0.15, 0.2) is 0 Å². The number of nitrogens with zero attached hydrogens (tertiary/aromatic N) is 14. The lowest BCUT2D eigenvalue weighted by atomic mass is 9.85. The summed E-state index contributed by atoms with van der Waals surface area (Å²) in [6.45, 7) is 0. The molecule has 0 fully saturated rings. The monoisotopic (exact) mass is 1810 g/mol. The molecule has 0 aliphatic carbocycles. The average molecular weight is 1820 g/mol. The quantitative estimate of drug-likeness (QED) is 0.0963. The molecule has 0 atom stereocenters. The van der Waals surface area contributed by atoms with Crippen LogP contribution in [-0.2, 0) is 0 Å². The first-order chi connectivity index (χ1) is 70.4. The summed E-state index contributed by atoms with van der Waals surface area (Å²) in [5.74, 6) is 0. The molecule has 28 rings (SSSR count). The zero-order valence-corrected chi connectivity index (χ0v) is 76.6. The molecule has 14 heterocycles. The Morgan fingerprint density at radius 3 is 0.725 bits per heavy atom. The van der Waals surface area contributed by atoms with E-state index in [2.05, 4.69) is 447 Å². The van der Waals surface area contributed by atoms with E-state index >= 15 is 0 Å². The molecule has 0 bridgehead atoms. The van der Waals surface area contributed by atoms with Crippen LogP contribution in [0.15, 0.2) is 499 Å². The lowest BCUT2D eigenvalue weighted by Crippen LogP contribution is -1.96. The van der Waals surface area contributed by atoms with Gasteiger partial charge >= 0.3 is 0 Å². The highest BCUT2D eigenvalue weighted by Crippen LogP contribution is 2.47. The third-order valence-corrected chi connectivity index (χ3v) is 27.3. The van der Waals surface area contributed by atoms with Gasteiger partial charge in [0.1, 0.15) is 0 Å².